The summed E-state index contributed by atoms with van der Waals surface area (Å²) in [5.74, 6) is 4.99. The molecule has 1 N–H and O–H groups in total. The molecule has 2 heterocycles. The number of methoxy groups -OCH3 is 1. The molecule has 0 unspecified atom stereocenters. The number of aromatic nitrogens is 2. The maximum Gasteiger partial charge on any atom is 0.423 e. The second-order valence-electron chi connectivity index (χ2n) is 8.59. The highest BCUT2D eigenvalue weighted by Crippen LogP contribution is 2.40. The standard InChI is InChI=1S/C27H24F3N5O3/c1-16(34(2)3)9-10-17-11-12-20(22(13-17)37-5)32-26-31-14-19(27(28,29)30)24(33-26)38-21-8-6-7-18-15-35(4)25(36)23(18)21/h6-8,11-14H,1,15H2,2-5H3,(H,31,32,33). The van der Waals surface area contributed by atoms with E-state index < -0.39 is 17.6 Å². The topological polar surface area (TPSA) is 79.8 Å². The monoisotopic (exact) mass is 523 g/mol. The van der Waals surface area contributed by atoms with E-state index in [2.05, 4.69) is 33.7 Å². The van der Waals surface area contributed by atoms with Crippen molar-refractivity contribution in [3.8, 4) is 29.2 Å². The maximum absolute atomic E-state index is 13.8. The average Bonchev–Trinajstić information content (AvgIpc) is 3.16. The number of nitrogens with zero attached hydrogens (tertiary/aromatic N) is 4. The minimum Gasteiger partial charge on any atom is -0.495 e. The lowest BCUT2D eigenvalue weighted by Crippen LogP contribution is -2.18. The molecule has 11 heteroatoms. The Morgan fingerprint density at radius 2 is 1.97 bits per heavy atom. The lowest BCUT2D eigenvalue weighted by atomic mass is 10.1. The van der Waals surface area contributed by atoms with E-state index in [4.69, 9.17) is 9.47 Å². The lowest BCUT2D eigenvalue weighted by Gasteiger charge is -2.16. The zero-order chi connectivity index (χ0) is 27.6. The Hall–Kier alpha value is -4.72. The molecule has 8 nitrogen and oxygen atoms in total. The van der Waals surface area contributed by atoms with E-state index in [0.717, 1.165) is 0 Å². The van der Waals surface area contributed by atoms with E-state index in [0.29, 0.717) is 41.0 Å². The molecule has 38 heavy (non-hydrogen) atoms. The van der Waals surface area contributed by atoms with Gasteiger partial charge in [-0.3, -0.25) is 4.79 Å². The number of rotatable bonds is 6. The smallest absolute Gasteiger partial charge is 0.423 e. The molecular weight excluding hydrogens is 499 g/mol. The molecule has 0 fully saturated rings. The maximum atomic E-state index is 13.8. The van der Waals surface area contributed by atoms with Gasteiger partial charge in [-0.05, 0) is 35.7 Å². The van der Waals surface area contributed by atoms with Crippen molar-refractivity contribution in [1.82, 2.24) is 19.8 Å². The number of carbonyl (C=O) groups excluding carboxylic acids is 1. The second-order valence-corrected chi connectivity index (χ2v) is 8.59. The van der Waals surface area contributed by atoms with Crippen molar-refractivity contribution in [2.75, 3.05) is 33.6 Å². The first kappa shape index (κ1) is 26.3. The molecule has 0 radical (unpaired) electrons. The van der Waals surface area contributed by atoms with Crippen molar-refractivity contribution in [2.24, 2.45) is 0 Å². The summed E-state index contributed by atoms with van der Waals surface area (Å²) in [6.07, 6.45) is -4.16. The highest BCUT2D eigenvalue weighted by atomic mass is 19.4. The highest BCUT2D eigenvalue weighted by Gasteiger charge is 2.37. The average molecular weight is 524 g/mol. The van der Waals surface area contributed by atoms with Gasteiger partial charge >= 0.3 is 6.18 Å². The molecule has 0 atom stereocenters. The van der Waals surface area contributed by atoms with Crippen LogP contribution in [0.2, 0.25) is 0 Å². The first-order valence-corrected chi connectivity index (χ1v) is 11.3. The Labute approximate surface area is 217 Å². The summed E-state index contributed by atoms with van der Waals surface area (Å²) in [6.45, 7) is 4.18. The van der Waals surface area contributed by atoms with E-state index in [9.17, 15) is 18.0 Å². The van der Waals surface area contributed by atoms with Crippen molar-refractivity contribution in [3.05, 3.63) is 77.1 Å². The largest absolute Gasteiger partial charge is 0.495 e. The van der Waals surface area contributed by atoms with Crippen molar-refractivity contribution >= 4 is 17.5 Å². The number of ether oxygens (including phenoxy) is 2. The zero-order valence-electron chi connectivity index (χ0n) is 21.1. The summed E-state index contributed by atoms with van der Waals surface area (Å²) >= 11 is 0. The fraction of sp³-hybridized carbons (Fsp3) is 0.222. The molecule has 0 saturated heterocycles. The van der Waals surface area contributed by atoms with Crippen molar-refractivity contribution in [2.45, 2.75) is 12.7 Å². The van der Waals surface area contributed by atoms with Gasteiger partial charge in [0.1, 0.15) is 17.1 Å². The Morgan fingerprint density at radius 1 is 1.21 bits per heavy atom. The van der Waals surface area contributed by atoms with Crippen LogP contribution in [0.25, 0.3) is 0 Å². The van der Waals surface area contributed by atoms with Crippen LogP contribution < -0.4 is 14.8 Å². The lowest BCUT2D eigenvalue weighted by molar-refractivity contribution is -0.139. The number of amides is 1. The Kier molecular flexibility index (Phi) is 7.17. The predicted molar refractivity (Wildman–Crippen MR) is 135 cm³/mol. The second kappa shape index (κ2) is 10.3. The van der Waals surface area contributed by atoms with Gasteiger partial charge in [0.25, 0.3) is 5.91 Å². The summed E-state index contributed by atoms with van der Waals surface area (Å²) in [7, 11) is 6.70. The van der Waals surface area contributed by atoms with Gasteiger partial charge in [-0.1, -0.05) is 24.6 Å². The minimum absolute atomic E-state index is 0.0215. The van der Waals surface area contributed by atoms with Gasteiger partial charge in [0.15, 0.2) is 0 Å². The molecule has 0 saturated carbocycles. The molecule has 0 spiro atoms. The predicted octanol–water partition coefficient (Wildman–Crippen LogP) is 5.05. The quantitative estimate of drug-likeness (QED) is 0.453. The molecule has 1 amide bonds. The molecule has 196 valence electrons. The van der Waals surface area contributed by atoms with Crippen molar-refractivity contribution < 1.29 is 27.4 Å². The summed E-state index contributed by atoms with van der Waals surface area (Å²) in [5.41, 5.74) is 1.32. The number of allylic oxidation sites excluding steroid dienone is 1. The van der Waals surface area contributed by atoms with Crippen LogP contribution >= 0.6 is 0 Å². The number of hydrogen-bond donors (Lipinski definition) is 1. The number of benzene rings is 2. The first-order valence-electron chi connectivity index (χ1n) is 11.3. The first-order chi connectivity index (χ1) is 18.0. The van der Waals surface area contributed by atoms with E-state index in [-0.39, 0.29) is 23.2 Å². The Bertz CT molecular complexity index is 1480. The molecule has 1 aliphatic heterocycles. The third kappa shape index (κ3) is 5.49. The molecular formula is C27H24F3N5O3. The number of fused-ring (bicyclic) bond motifs is 1. The Morgan fingerprint density at radius 3 is 2.66 bits per heavy atom. The number of anilines is 2. The van der Waals surface area contributed by atoms with Crippen LogP contribution in [0.5, 0.6) is 17.4 Å². The van der Waals surface area contributed by atoms with Gasteiger partial charge in [0, 0.05) is 39.4 Å². The summed E-state index contributed by atoms with van der Waals surface area (Å²) < 4.78 is 52.3. The molecule has 0 aliphatic carbocycles. The number of alkyl halides is 3. The Balaban J connectivity index is 1.67. The number of nitrogens with one attached hydrogen (secondary N) is 1. The van der Waals surface area contributed by atoms with Gasteiger partial charge in [-0.15, -0.1) is 0 Å². The number of hydrogen-bond acceptors (Lipinski definition) is 7. The molecule has 4 rings (SSSR count). The van der Waals surface area contributed by atoms with Crippen LogP contribution in [0.3, 0.4) is 0 Å². The fourth-order valence-electron chi connectivity index (χ4n) is 3.61. The summed E-state index contributed by atoms with van der Waals surface area (Å²) in [4.78, 5) is 23.6. The van der Waals surface area contributed by atoms with Crippen molar-refractivity contribution in [1.29, 1.82) is 0 Å². The van der Waals surface area contributed by atoms with E-state index >= 15 is 0 Å². The zero-order valence-corrected chi connectivity index (χ0v) is 21.1. The SMILES string of the molecule is C=C(C#Cc1ccc(Nc2ncc(C(F)(F)F)c(Oc3cccc4c3C(=O)N(C)C4)n2)c(OC)c1)N(C)C. The molecule has 0 bridgehead atoms. The van der Waals surface area contributed by atoms with Gasteiger partial charge in [0.2, 0.25) is 11.8 Å². The molecule has 3 aromatic rings. The third-order valence-corrected chi connectivity index (χ3v) is 5.69. The summed E-state index contributed by atoms with van der Waals surface area (Å²) in [5, 5.41) is 2.86. The normalized spacial score (nSPS) is 12.4. The fourth-order valence-corrected chi connectivity index (χ4v) is 3.61. The molecule has 1 aromatic heterocycles. The highest BCUT2D eigenvalue weighted by molar-refractivity contribution is 6.00. The van der Waals surface area contributed by atoms with Crippen LogP contribution in [0.4, 0.5) is 24.8 Å². The van der Waals surface area contributed by atoms with Gasteiger partial charge in [-0.2, -0.15) is 18.2 Å². The number of halogens is 3. The third-order valence-electron chi connectivity index (χ3n) is 5.69. The van der Waals surface area contributed by atoms with Gasteiger partial charge < -0.3 is 24.6 Å². The van der Waals surface area contributed by atoms with Gasteiger partial charge in [-0.25, -0.2) is 4.98 Å². The summed E-state index contributed by atoms with van der Waals surface area (Å²) in [6, 6.07) is 9.77. The van der Waals surface area contributed by atoms with Gasteiger partial charge in [0.05, 0.1) is 24.1 Å². The molecule has 1 aliphatic rings. The van der Waals surface area contributed by atoms with Crippen molar-refractivity contribution in [3.63, 3.8) is 0 Å². The van der Waals surface area contributed by atoms with Crippen LogP contribution in [0.1, 0.15) is 27.0 Å². The van der Waals surface area contributed by atoms with E-state index in [1.54, 1.807) is 42.3 Å². The number of carbonyl (C=O) groups is 1. The van der Waals surface area contributed by atoms with Crippen LogP contribution in [-0.2, 0) is 12.7 Å². The van der Waals surface area contributed by atoms with E-state index in [1.165, 1.54) is 18.1 Å². The van der Waals surface area contributed by atoms with Crippen LogP contribution in [-0.4, -0.2) is 53.9 Å². The van der Waals surface area contributed by atoms with E-state index in [1.807, 2.05) is 14.1 Å². The molecule has 2 aromatic carbocycles. The minimum atomic E-state index is -4.79. The van der Waals surface area contributed by atoms with Crippen LogP contribution in [0.15, 0.2) is 54.9 Å². The van der Waals surface area contributed by atoms with Crippen LogP contribution in [0, 0.1) is 11.8 Å².